The first-order valence-corrected chi connectivity index (χ1v) is 6.30. The van der Waals surface area contributed by atoms with Gasteiger partial charge in [-0.25, -0.2) is 0 Å². The zero-order chi connectivity index (χ0) is 13.2. The van der Waals surface area contributed by atoms with E-state index < -0.39 is 0 Å². The Hall–Kier alpha value is -2.14. The number of carbonyl (C=O) groups excluding carboxylic acids is 1. The van der Waals surface area contributed by atoms with E-state index in [-0.39, 0.29) is 5.91 Å². The third-order valence-electron chi connectivity index (χ3n) is 3.25. The Morgan fingerprint density at radius 1 is 1.47 bits per heavy atom. The van der Waals surface area contributed by atoms with Gasteiger partial charge in [-0.2, -0.15) is 0 Å². The van der Waals surface area contributed by atoms with Gasteiger partial charge < -0.3 is 9.84 Å². The average molecular weight is 257 g/mol. The standard InChI is InChI=1S/C14H15N3O2/c1-9-7-13(19-17-9)16-14(18)12-4-2-3-10-8-15-6-5-11(10)12/h2-4,7,15H,5-6,8H2,1H3,(H,16,18). The number of benzene rings is 1. The van der Waals surface area contributed by atoms with Crippen molar-refractivity contribution in [2.24, 2.45) is 0 Å². The van der Waals surface area contributed by atoms with Crippen LogP contribution in [0.15, 0.2) is 28.8 Å². The van der Waals surface area contributed by atoms with Crippen LogP contribution in [0.4, 0.5) is 5.88 Å². The second kappa shape index (κ2) is 4.85. The summed E-state index contributed by atoms with van der Waals surface area (Å²) >= 11 is 0. The van der Waals surface area contributed by atoms with E-state index in [0.29, 0.717) is 11.4 Å². The minimum atomic E-state index is -0.144. The second-order valence-corrected chi connectivity index (χ2v) is 4.66. The largest absolute Gasteiger partial charge is 0.338 e. The number of anilines is 1. The SMILES string of the molecule is Cc1cc(NC(=O)c2cccc3c2CCNC3)on1. The smallest absolute Gasteiger partial charge is 0.258 e. The Morgan fingerprint density at radius 2 is 2.37 bits per heavy atom. The van der Waals surface area contributed by atoms with Crippen molar-refractivity contribution < 1.29 is 9.32 Å². The first kappa shape index (κ1) is 11.9. The molecule has 5 nitrogen and oxygen atoms in total. The van der Waals surface area contributed by atoms with Gasteiger partial charge >= 0.3 is 0 Å². The molecule has 1 amide bonds. The van der Waals surface area contributed by atoms with Gasteiger partial charge in [0.2, 0.25) is 5.88 Å². The molecule has 5 heteroatoms. The van der Waals surface area contributed by atoms with Crippen molar-refractivity contribution in [1.82, 2.24) is 10.5 Å². The normalized spacial score (nSPS) is 13.9. The fraction of sp³-hybridized carbons (Fsp3) is 0.286. The van der Waals surface area contributed by atoms with Crippen LogP contribution in [0.1, 0.15) is 27.2 Å². The summed E-state index contributed by atoms with van der Waals surface area (Å²) in [5.74, 6) is 0.240. The summed E-state index contributed by atoms with van der Waals surface area (Å²) in [5.41, 5.74) is 3.77. The molecule has 0 spiro atoms. The molecular formula is C14H15N3O2. The Balaban J connectivity index is 1.87. The zero-order valence-corrected chi connectivity index (χ0v) is 10.7. The van der Waals surface area contributed by atoms with Crippen molar-refractivity contribution in [1.29, 1.82) is 0 Å². The van der Waals surface area contributed by atoms with Crippen molar-refractivity contribution >= 4 is 11.8 Å². The molecule has 19 heavy (non-hydrogen) atoms. The molecule has 0 fully saturated rings. The number of aromatic nitrogens is 1. The first-order chi connectivity index (χ1) is 9.24. The Kier molecular flexibility index (Phi) is 3.05. The van der Waals surface area contributed by atoms with Gasteiger partial charge in [0.15, 0.2) is 0 Å². The molecule has 3 rings (SSSR count). The highest BCUT2D eigenvalue weighted by molar-refractivity contribution is 6.04. The van der Waals surface area contributed by atoms with E-state index in [9.17, 15) is 4.79 Å². The van der Waals surface area contributed by atoms with Crippen LogP contribution < -0.4 is 10.6 Å². The Morgan fingerprint density at radius 3 is 3.16 bits per heavy atom. The molecule has 0 radical (unpaired) electrons. The molecule has 1 aliphatic rings. The maximum absolute atomic E-state index is 12.3. The lowest BCUT2D eigenvalue weighted by molar-refractivity contribution is 0.102. The minimum absolute atomic E-state index is 0.144. The highest BCUT2D eigenvalue weighted by Gasteiger charge is 2.18. The second-order valence-electron chi connectivity index (χ2n) is 4.66. The van der Waals surface area contributed by atoms with Crippen LogP contribution in [-0.4, -0.2) is 17.6 Å². The molecule has 2 N–H and O–H groups in total. The van der Waals surface area contributed by atoms with Gasteiger partial charge in [-0.05, 0) is 37.1 Å². The number of nitrogens with one attached hydrogen (secondary N) is 2. The highest BCUT2D eigenvalue weighted by atomic mass is 16.5. The van der Waals surface area contributed by atoms with Crippen LogP contribution in [0.3, 0.4) is 0 Å². The van der Waals surface area contributed by atoms with Gasteiger partial charge in [0, 0.05) is 18.2 Å². The van der Waals surface area contributed by atoms with Crippen molar-refractivity contribution in [3.8, 4) is 0 Å². The zero-order valence-electron chi connectivity index (χ0n) is 10.7. The molecule has 0 aliphatic carbocycles. The molecule has 1 aromatic heterocycles. The molecule has 0 unspecified atom stereocenters. The molecule has 98 valence electrons. The lowest BCUT2D eigenvalue weighted by atomic mass is 9.95. The Labute approximate surface area is 111 Å². The predicted octanol–water partition coefficient (Wildman–Crippen LogP) is 1.88. The van der Waals surface area contributed by atoms with Crippen LogP contribution in [0.2, 0.25) is 0 Å². The van der Waals surface area contributed by atoms with Gasteiger partial charge in [-0.1, -0.05) is 17.3 Å². The molecule has 2 aromatic rings. The lowest BCUT2D eigenvalue weighted by Crippen LogP contribution is -2.26. The van der Waals surface area contributed by atoms with E-state index in [4.69, 9.17) is 4.52 Å². The van der Waals surface area contributed by atoms with Crippen molar-refractivity contribution in [2.75, 3.05) is 11.9 Å². The third-order valence-corrected chi connectivity index (χ3v) is 3.25. The van der Waals surface area contributed by atoms with Gasteiger partial charge in [0.05, 0.1) is 5.69 Å². The van der Waals surface area contributed by atoms with E-state index in [2.05, 4.69) is 21.9 Å². The number of fused-ring (bicyclic) bond motifs is 1. The number of nitrogens with zero attached hydrogens (tertiary/aromatic N) is 1. The summed E-state index contributed by atoms with van der Waals surface area (Å²) in [4.78, 5) is 12.3. The van der Waals surface area contributed by atoms with Gasteiger partial charge in [-0.3, -0.25) is 10.1 Å². The lowest BCUT2D eigenvalue weighted by Gasteiger charge is -2.19. The van der Waals surface area contributed by atoms with Crippen LogP contribution in [0.5, 0.6) is 0 Å². The monoisotopic (exact) mass is 257 g/mol. The maximum atomic E-state index is 12.3. The maximum Gasteiger partial charge on any atom is 0.258 e. The predicted molar refractivity (Wildman–Crippen MR) is 71.0 cm³/mol. The van der Waals surface area contributed by atoms with Gasteiger partial charge in [0.1, 0.15) is 0 Å². The van der Waals surface area contributed by atoms with Crippen molar-refractivity contribution in [3.63, 3.8) is 0 Å². The van der Waals surface area contributed by atoms with Crippen LogP contribution in [0.25, 0.3) is 0 Å². The number of hydrogen-bond acceptors (Lipinski definition) is 4. The molecule has 0 saturated heterocycles. The van der Waals surface area contributed by atoms with E-state index in [0.717, 1.165) is 30.8 Å². The van der Waals surface area contributed by atoms with Gasteiger partial charge in [0.25, 0.3) is 5.91 Å². The van der Waals surface area contributed by atoms with Crippen molar-refractivity contribution in [2.45, 2.75) is 19.9 Å². The topological polar surface area (TPSA) is 67.2 Å². The number of rotatable bonds is 2. The average Bonchev–Trinajstić information content (AvgIpc) is 2.83. The number of hydrogen-bond donors (Lipinski definition) is 2. The molecule has 0 saturated carbocycles. The summed E-state index contributed by atoms with van der Waals surface area (Å²) in [5, 5.41) is 9.79. The van der Waals surface area contributed by atoms with E-state index in [1.165, 1.54) is 5.56 Å². The fourth-order valence-electron chi connectivity index (χ4n) is 2.35. The summed E-state index contributed by atoms with van der Waals surface area (Å²) in [6.45, 7) is 3.53. The molecule has 1 aromatic carbocycles. The van der Waals surface area contributed by atoms with E-state index >= 15 is 0 Å². The van der Waals surface area contributed by atoms with Crippen molar-refractivity contribution in [3.05, 3.63) is 46.6 Å². The van der Waals surface area contributed by atoms with E-state index in [1.54, 1.807) is 6.07 Å². The molecule has 0 bridgehead atoms. The molecule has 2 heterocycles. The number of amides is 1. The molecule has 1 aliphatic heterocycles. The summed E-state index contributed by atoms with van der Waals surface area (Å²) < 4.78 is 5.01. The summed E-state index contributed by atoms with van der Waals surface area (Å²) in [7, 11) is 0. The van der Waals surface area contributed by atoms with Crippen LogP contribution in [0, 0.1) is 6.92 Å². The third kappa shape index (κ3) is 2.37. The fourth-order valence-corrected chi connectivity index (χ4v) is 2.35. The van der Waals surface area contributed by atoms with E-state index in [1.807, 2.05) is 19.1 Å². The molecular weight excluding hydrogens is 242 g/mol. The number of carbonyl (C=O) groups is 1. The highest BCUT2D eigenvalue weighted by Crippen LogP contribution is 2.20. The first-order valence-electron chi connectivity index (χ1n) is 6.30. The summed E-state index contributed by atoms with van der Waals surface area (Å²) in [6.07, 6.45) is 0.869. The quantitative estimate of drug-likeness (QED) is 0.862. The number of aryl methyl sites for hydroxylation is 1. The van der Waals surface area contributed by atoms with Crippen LogP contribution in [-0.2, 0) is 13.0 Å². The van der Waals surface area contributed by atoms with Gasteiger partial charge in [-0.15, -0.1) is 0 Å². The minimum Gasteiger partial charge on any atom is -0.338 e. The molecule has 0 atom stereocenters. The Bertz CT molecular complexity index is 619. The van der Waals surface area contributed by atoms with Crippen LogP contribution >= 0.6 is 0 Å². The summed E-state index contributed by atoms with van der Waals surface area (Å²) in [6, 6.07) is 7.51.